The standard InChI is InChI=1S/C14H16N2OS/c1-9-4-6-12(7-5-9)18-8-13-15-11(3)10(2)14(17)16-13/h4-7H,8H2,1-3H3,(H,15,16,17). The fourth-order valence-electron chi connectivity index (χ4n) is 1.56. The van der Waals surface area contributed by atoms with E-state index in [0.717, 1.165) is 11.5 Å². The molecule has 0 bridgehead atoms. The fourth-order valence-corrected chi connectivity index (χ4v) is 2.33. The van der Waals surface area contributed by atoms with E-state index in [-0.39, 0.29) is 5.56 Å². The molecule has 4 heteroatoms. The van der Waals surface area contributed by atoms with Crippen molar-refractivity contribution in [3.05, 3.63) is 57.3 Å². The Morgan fingerprint density at radius 3 is 2.44 bits per heavy atom. The van der Waals surface area contributed by atoms with Crippen LogP contribution in [-0.4, -0.2) is 9.97 Å². The summed E-state index contributed by atoms with van der Waals surface area (Å²) in [5, 5.41) is 0. The summed E-state index contributed by atoms with van der Waals surface area (Å²) in [5.41, 5.74) is 2.71. The second kappa shape index (κ2) is 5.40. The Hall–Kier alpha value is -1.55. The van der Waals surface area contributed by atoms with Gasteiger partial charge in [-0.2, -0.15) is 0 Å². The minimum Gasteiger partial charge on any atom is -0.310 e. The van der Waals surface area contributed by atoms with Gasteiger partial charge in [0, 0.05) is 16.2 Å². The average Bonchev–Trinajstić information content (AvgIpc) is 2.35. The number of benzene rings is 1. The van der Waals surface area contributed by atoms with Crippen LogP contribution < -0.4 is 5.56 Å². The number of thioether (sulfide) groups is 1. The number of H-pyrrole nitrogens is 1. The first-order valence-corrected chi connectivity index (χ1v) is 6.80. The Balaban J connectivity index is 2.11. The lowest BCUT2D eigenvalue weighted by atomic mass is 10.2. The van der Waals surface area contributed by atoms with Crippen molar-refractivity contribution in [2.75, 3.05) is 0 Å². The van der Waals surface area contributed by atoms with Crippen molar-refractivity contribution in [3.63, 3.8) is 0 Å². The van der Waals surface area contributed by atoms with Gasteiger partial charge >= 0.3 is 0 Å². The highest BCUT2D eigenvalue weighted by molar-refractivity contribution is 7.98. The molecule has 2 aromatic rings. The van der Waals surface area contributed by atoms with Crippen molar-refractivity contribution in [1.29, 1.82) is 0 Å². The lowest BCUT2D eigenvalue weighted by Crippen LogP contribution is -2.15. The van der Waals surface area contributed by atoms with Crippen LogP contribution in [0.1, 0.15) is 22.6 Å². The molecule has 0 aliphatic rings. The Labute approximate surface area is 111 Å². The number of nitrogens with zero attached hydrogens (tertiary/aromatic N) is 1. The molecular formula is C14H16N2OS. The molecule has 0 aliphatic carbocycles. The highest BCUT2D eigenvalue weighted by Crippen LogP contribution is 2.21. The Bertz CT molecular complexity index is 602. The molecular weight excluding hydrogens is 244 g/mol. The minimum atomic E-state index is -0.0398. The predicted molar refractivity (Wildman–Crippen MR) is 75.1 cm³/mol. The van der Waals surface area contributed by atoms with E-state index in [1.165, 1.54) is 10.5 Å². The molecule has 0 saturated carbocycles. The Morgan fingerprint density at radius 2 is 1.83 bits per heavy atom. The molecule has 0 atom stereocenters. The van der Waals surface area contributed by atoms with E-state index in [2.05, 4.69) is 41.2 Å². The summed E-state index contributed by atoms with van der Waals surface area (Å²) in [6.07, 6.45) is 0. The second-order valence-electron chi connectivity index (χ2n) is 4.32. The fraction of sp³-hybridized carbons (Fsp3) is 0.286. The summed E-state index contributed by atoms with van der Waals surface area (Å²) in [6.45, 7) is 5.72. The molecule has 0 amide bonds. The zero-order valence-electron chi connectivity index (χ0n) is 10.8. The highest BCUT2D eigenvalue weighted by atomic mass is 32.2. The zero-order chi connectivity index (χ0) is 13.1. The average molecular weight is 260 g/mol. The molecule has 1 aromatic carbocycles. The monoisotopic (exact) mass is 260 g/mol. The molecule has 0 unspecified atom stereocenters. The van der Waals surface area contributed by atoms with Crippen molar-refractivity contribution in [2.24, 2.45) is 0 Å². The number of nitrogens with one attached hydrogen (secondary N) is 1. The number of aryl methyl sites for hydroxylation is 2. The Morgan fingerprint density at radius 1 is 1.17 bits per heavy atom. The molecule has 0 radical (unpaired) electrons. The van der Waals surface area contributed by atoms with Crippen molar-refractivity contribution >= 4 is 11.8 Å². The van der Waals surface area contributed by atoms with Gasteiger partial charge in [0.25, 0.3) is 5.56 Å². The van der Waals surface area contributed by atoms with Gasteiger partial charge in [-0.05, 0) is 32.9 Å². The van der Waals surface area contributed by atoms with E-state index in [1.807, 2.05) is 6.92 Å². The van der Waals surface area contributed by atoms with Crippen LogP contribution in [0, 0.1) is 20.8 Å². The number of hydrogen-bond acceptors (Lipinski definition) is 3. The lowest BCUT2D eigenvalue weighted by molar-refractivity contribution is 0.942. The summed E-state index contributed by atoms with van der Waals surface area (Å²) in [4.78, 5) is 20.0. The van der Waals surface area contributed by atoms with Gasteiger partial charge in [0.2, 0.25) is 0 Å². The van der Waals surface area contributed by atoms with Crippen LogP contribution in [0.2, 0.25) is 0 Å². The summed E-state index contributed by atoms with van der Waals surface area (Å²) in [7, 11) is 0. The van der Waals surface area contributed by atoms with E-state index >= 15 is 0 Å². The topological polar surface area (TPSA) is 45.8 Å². The van der Waals surface area contributed by atoms with Crippen LogP contribution in [0.15, 0.2) is 34.0 Å². The van der Waals surface area contributed by atoms with Gasteiger partial charge in [0.1, 0.15) is 5.82 Å². The number of aromatic amines is 1. The third-order valence-electron chi connectivity index (χ3n) is 2.84. The Kier molecular flexibility index (Phi) is 3.87. The summed E-state index contributed by atoms with van der Waals surface area (Å²) >= 11 is 1.67. The molecule has 0 fully saturated rings. The van der Waals surface area contributed by atoms with Crippen molar-refractivity contribution in [1.82, 2.24) is 9.97 Å². The maximum absolute atomic E-state index is 11.6. The van der Waals surface area contributed by atoms with Crippen LogP contribution in [0.5, 0.6) is 0 Å². The van der Waals surface area contributed by atoms with Crippen molar-refractivity contribution in [2.45, 2.75) is 31.4 Å². The van der Waals surface area contributed by atoms with E-state index in [1.54, 1.807) is 18.7 Å². The van der Waals surface area contributed by atoms with Crippen LogP contribution in [-0.2, 0) is 5.75 Å². The maximum atomic E-state index is 11.6. The summed E-state index contributed by atoms with van der Waals surface area (Å²) in [5.74, 6) is 1.41. The highest BCUT2D eigenvalue weighted by Gasteiger charge is 2.04. The van der Waals surface area contributed by atoms with Crippen molar-refractivity contribution < 1.29 is 0 Å². The predicted octanol–water partition coefficient (Wildman–Crippen LogP) is 2.99. The lowest BCUT2D eigenvalue weighted by Gasteiger charge is -2.04. The quantitative estimate of drug-likeness (QED) is 0.863. The number of aromatic nitrogens is 2. The smallest absolute Gasteiger partial charge is 0.254 e. The molecule has 2 rings (SSSR count). The van der Waals surface area contributed by atoms with Gasteiger partial charge in [0.15, 0.2) is 0 Å². The molecule has 18 heavy (non-hydrogen) atoms. The van der Waals surface area contributed by atoms with Gasteiger partial charge in [0.05, 0.1) is 5.75 Å². The molecule has 0 spiro atoms. The van der Waals surface area contributed by atoms with Gasteiger partial charge in [-0.25, -0.2) is 4.98 Å². The molecule has 1 aromatic heterocycles. The van der Waals surface area contributed by atoms with Gasteiger partial charge < -0.3 is 4.98 Å². The third-order valence-corrected chi connectivity index (χ3v) is 3.86. The van der Waals surface area contributed by atoms with E-state index in [0.29, 0.717) is 11.3 Å². The summed E-state index contributed by atoms with van der Waals surface area (Å²) in [6, 6.07) is 8.33. The molecule has 1 N–H and O–H groups in total. The van der Waals surface area contributed by atoms with E-state index < -0.39 is 0 Å². The van der Waals surface area contributed by atoms with Crippen LogP contribution in [0.25, 0.3) is 0 Å². The van der Waals surface area contributed by atoms with E-state index in [9.17, 15) is 4.79 Å². The molecule has 0 saturated heterocycles. The van der Waals surface area contributed by atoms with Gasteiger partial charge in [-0.15, -0.1) is 11.8 Å². The molecule has 94 valence electrons. The van der Waals surface area contributed by atoms with Gasteiger partial charge in [-0.1, -0.05) is 17.7 Å². The number of rotatable bonds is 3. The number of hydrogen-bond donors (Lipinski definition) is 1. The largest absolute Gasteiger partial charge is 0.310 e. The van der Waals surface area contributed by atoms with Crippen LogP contribution >= 0.6 is 11.8 Å². The SMILES string of the molecule is Cc1ccc(SCc2nc(C)c(C)c(=O)[nH]2)cc1. The van der Waals surface area contributed by atoms with Crippen LogP contribution in [0.4, 0.5) is 0 Å². The van der Waals surface area contributed by atoms with Crippen LogP contribution in [0.3, 0.4) is 0 Å². The third kappa shape index (κ3) is 3.01. The maximum Gasteiger partial charge on any atom is 0.254 e. The molecule has 0 aliphatic heterocycles. The normalized spacial score (nSPS) is 10.6. The first-order valence-electron chi connectivity index (χ1n) is 5.82. The molecule has 1 heterocycles. The first kappa shape index (κ1) is 12.9. The minimum absolute atomic E-state index is 0.0398. The van der Waals surface area contributed by atoms with Crippen molar-refractivity contribution in [3.8, 4) is 0 Å². The van der Waals surface area contributed by atoms with E-state index in [4.69, 9.17) is 0 Å². The first-order chi connectivity index (χ1) is 8.56. The van der Waals surface area contributed by atoms with Gasteiger partial charge in [-0.3, -0.25) is 4.79 Å². The summed E-state index contributed by atoms with van der Waals surface area (Å²) < 4.78 is 0. The zero-order valence-corrected chi connectivity index (χ0v) is 11.6. The second-order valence-corrected chi connectivity index (χ2v) is 5.37. The molecule has 3 nitrogen and oxygen atoms in total.